The van der Waals surface area contributed by atoms with E-state index < -0.39 is 0 Å². The molecular weight excluding hydrogens is 308 g/mol. The number of hydrogen-bond acceptors (Lipinski definition) is 5. The average Bonchev–Trinajstić information content (AvgIpc) is 2.54. The van der Waals surface area contributed by atoms with Crippen molar-refractivity contribution in [1.29, 1.82) is 0 Å². The fraction of sp³-hybridized carbons (Fsp3) is 0.706. The maximum Gasteiger partial charge on any atom is 0.271 e. The van der Waals surface area contributed by atoms with Gasteiger partial charge in [-0.1, -0.05) is 20.8 Å². The summed E-state index contributed by atoms with van der Waals surface area (Å²) in [6.45, 7) is 10.8. The van der Waals surface area contributed by atoms with Crippen molar-refractivity contribution < 1.29 is 9.53 Å². The van der Waals surface area contributed by atoms with Crippen LogP contribution >= 0.6 is 0 Å². The van der Waals surface area contributed by atoms with Crippen molar-refractivity contribution in [3.8, 4) is 0 Å². The van der Waals surface area contributed by atoms with Gasteiger partial charge < -0.3 is 10.1 Å². The highest BCUT2D eigenvalue weighted by Crippen LogP contribution is 2.07. The van der Waals surface area contributed by atoms with E-state index in [9.17, 15) is 9.59 Å². The maximum atomic E-state index is 12.3. The number of hydrogen-bond donors (Lipinski definition) is 1. The van der Waals surface area contributed by atoms with Crippen molar-refractivity contribution in [3.05, 3.63) is 28.2 Å². The highest BCUT2D eigenvalue weighted by Gasteiger charge is 2.22. The van der Waals surface area contributed by atoms with Gasteiger partial charge in [-0.3, -0.25) is 14.5 Å². The number of rotatable bonds is 7. The monoisotopic (exact) mass is 336 g/mol. The summed E-state index contributed by atoms with van der Waals surface area (Å²) in [5.41, 5.74) is 0.0752. The molecule has 1 saturated heterocycles. The Bertz CT molecular complexity index is 600. The summed E-state index contributed by atoms with van der Waals surface area (Å²) in [4.78, 5) is 26.3. The molecule has 1 aliphatic rings. The summed E-state index contributed by atoms with van der Waals surface area (Å²) in [5, 5.41) is 6.98. The zero-order chi connectivity index (χ0) is 17.5. The Labute approximate surface area is 143 Å². The Morgan fingerprint density at radius 3 is 2.96 bits per heavy atom. The third-order valence-electron chi connectivity index (χ3n) is 3.87. The molecule has 0 aromatic carbocycles. The number of amides is 1. The molecule has 0 saturated carbocycles. The van der Waals surface area contributed by atoms with Gasteiger partial charge in [0.15, 0.2) is 0 Å². The molecule has 1 fully saturated rings. The van der Waals surface area contributed by atoms with E-state index in [1.165, 1.54) is 16.8 Å². The van der Waals surface area contributed by atoms with E-state index in [0.29, 0.717) is 25.6 Å². The van der Waals surface area contributed by atoms with Crippen LogP contribution < -0.4 is 10.9 Å². The fourth-order valence-corrected chi connectivity index (χ4v) is 2.83. The lowest BCUT2D eigenvalue weighted by molar-refractivity contribution is -0.0296. The summed E-state index contributed by atoms with van der Waals surface area (Å²) in [6.07, 6.45) is 0.780. The fourth-order valence-electron chi connectivity index (χ4n) is 2.83. The van der Waals surface area contributed by atoms with E-state index in [1.807, 2.05) is 6.92 Å². The molecule has 1 aromatic heterocycles. The average molecular weight is 336 g/mol. The Kier molecular flexibility index (Phi) is 6.93. The number of morpholine rings is 1. The number of nitrogens with one attached hydrogen (secondary N) is 1. The Hall–Kier alpha value is -1.73. The minimum Gasteiger partial charge on any atom is -0.374 e. The van der Waals surface area contributed by atoms with E-state index in [2.05, 4.69) is 29.2 Å². The number of carbonyl (C=O) groups is 1. The molecule has 134 valence electrons. The summed E-state index contributed by atoms with van der Waals surface area (Å²) in [7, 11) is 0. The Morgan fingerprint density at radius 1 is 1.46 bits per heavy atom. The van der Waals surface area contributed by atoms with Gasteiger partial charge in [0, 0.05) is 38.8 Å². The van der Waals surface area contributed by atoms with Crippen molar-refractivity contribution in [3.63, 3.8) is 0 Å². The maximum absolute atomic E-state index is 12.3. The molecule has 1 aromatic rings. The largest absolute Gasteiger partial charge is 0.374 e. The van der Waals surface area contributed by atoms with Crippen LogP contribution in [0, 0.1) is 5.92 Å². The van der Waals surface area contributed by atoms with E-state index in [4.69, 9.17) is 4.74 Å². The summed E-state index contributed by atoms with van der Waals surface area (Å²) in [5.74, 6) is 0.339. The highest BCUT2D eigenvalue weighted by molar-refractivity contribution is 5.91. The van der Waals surface area contributed by atoms with Gasteiger partial charge in [0.25, 0.3) is 11.5 Å². The molecule has 7 heteroatoms. The van der Waals surface area contributed by atoms with Gasteiger partial charge in [-0.25, -0.2) is 4.68 Å². The molecule has 2 rings (SSSR count). The first-order valence-corrected chi connectivity index (χ1v) is 8.70. The van der Waals surface area contributed by atoms with Crippen molar-refractivity contribution in [1.82, 2.24) is 20.0 Å². The lowest BCUT2D eigenvalue weighted by Crippen LogP contribution is -2.48. The molecule has 0 radical (unpaired) electrons. The van der Waals surface area contributed by atoms with Crippen LogP contribution in [-0.2, 0) is 11.3 Å². The molecule has 2 heterocycles. The van der Waals surface area contributed by atoms with Crippen molar-refractivity contribution in [2.75, 3.05) is 32.8 Å². The van der Waals surface area contributed by atoms with E-state index in [-0.39, 0.29) is 23.3 Å². The van der Waals surface area contributed by atoms with Crippen LogP contribution in [0.1, 0.15) is 37.7 Å². The molecule has 24 heavy (non-hydrogen) atoms. The predicted octanol–water partition coefficient (Wildman–Crippen LogP) is 0.740. The van der Waals surface area contributed by atoms with Gasteiger partial charge in [-0.2, -0.15) is 5.10 Å². The standard InChI is InChI=1S/C17H28N4O3/c1-4-7-21-16(22)6-5-15(19-21)17(23)18-10-14-12-20(8-9-24-14)11-13(2)3/h5-6,13-14H,4,7-12H2,1-3H3,(H,18,23). The van der Waals surface area contributed by atoms with Crippen LogP contribution in [0.4, 0.5) is 0 Å². The summed E-state index contributed by atoms with van der Waals surface area (Å²) >= 11 is 0. The second-order valence-electron chi connectivity index (χ2n) is 6.64. The van der Waals surface area contributed by atoms with E-state index in [1.54, 1.807) is 0 Å². The number of ether oxygens (including phenoxy) is 1. The predicted molar refractivity (Wildman–Crippen MR) is 92.1 cm³/mol. The van der Waals surface area contributed by atoms with Crippen molar-refractivity contribution >= 4 is 5.91 Å². The van der Waals surface area contributed by atoms with Crippen LogP contribution in [0.15, 0.2) is 16.9 Å². The molecule has 1 N–H and O–H groups in total. The SMILES string of the molecule is CCCn1nc(C(=O)NCC2CN(CC(C)C)CCO2)ccc1=O. The zero-order valence-corrected chi connectivity index (χ0v) is 14.8. The van der Waals surface area contributed by atoms with Crippen LogP contribution in [-0.4, -0.2) is 59.5 Å². The first-order valence-electron chi connectivity index (χ1n) is 8.70. The number of nitrogens with zero attached hydrogens (tertiary/aromatic N) is 3. The van der Waals surface area contributed by atoms with Gasteiger partial charge >= 0.3 is 0 Å². The second kappa shape index (κ2) is 8.94. The van der Waals surface area contributed by atoms with Gasteiger partial charge in [-0.15, -0.1) is 0 Å². The zero-order valence-electron chi connectivity index (χ0n) is 14.8. The topological polar surface area (TPSA) is 76.5 Å². The van der Waals surface area contributed by atoms with Gasteiger partial charge in [0.05, 0.1) is 12.7 Å². The van der Waals surface area contributed by atoms with Crippen LogP contribution in [0.2, 0.25) is 0 Å². The van der Waals surface area contributed by atoms with Crippen molar-refractivity contribution in [2.45, 2.75) is 39.8 Å². The minimum atomic E-state index is -0.274. The molecular formula is C17H28N4O3. The molecule has 1 atom stereocenters. The lowest BCUT2D eigenvalue weighted by Gasteiger charge is -2.33. The summed E-state index contributed by atoms with van der Waals surface area (Å²) in [6, 6.07) is 2.86. The third-order valence-corrected chi connectivity index (χ3v) is 3.87. The third kappa shape index (κ3) is 5.42. The molecule has 1 aliphatic heterocycles. The normalized spacial score (nSPS) is 18.8. The molecule has 1 amide bonds. The molecule has 0 spiro atoms. The quantitative estimate of drug-likeness (QED) is 0.795. The Morgan fingerprint density at radius 2 is 2.25 bits per heavy atom. The minimum absolute atomic E-state index is 0.0111. The molecule has 7 nitrogen and oxygen atoms in total. The van der Waals surface area contributed by atoms with Gasteiger partial charge in [0.2, 0.25) is 0 Å². The highest BCUT2D eigenvalue weighted by atomic mass is 16.5. The summed E-state index contributed by atoms with van der Waals surface area (Å²) < 4.78 is 7.06. The molecule has 0 aliphatic carbocycles. The number of carbonyl (C=O) groups excluding carboxylic acids is 1. The van der Waals surface area contributed by atoms with Gasteiger partial charge in [0.1, 0.15) is 5.69 Å². The number of aromatic nitrogens is 2. The van der Waals surface area contributed by atoms with Gasteiger partial charge in [-0.05, 0) is 18.4 Å². The first-order chi connectivity index (χ1) is 11.5. The van der Waals surface area contributed by atoms with E-state index >= 15 is 0 Å². The lowest BCUT2D eigenvalue weighted by atomic mass is 10.2. The number of aryl methyl sites for hydroxylation is 1. The first kappa shape index (κ1) is 18.6. The molecule has 1 unspecified atom stereocenters. The van der Waals surface area contributed by atoms with Crippen LogP contribution in [0.25, 0.3) is 0 Å². The Balaban J connectivity index is 1.88. The van der Waals surface area contributed by atoms with Crippen LogP contribution in [0.5, 0.6) is 0 Å². The van der Waals surface area contributed by atoms with Crippen LogP contribution in [0.3, 0.4) is 0 Å². The van der Waals surface area contributed by atoms with E-state index in [0.717, 1.165) is 26.1 Å². The smallest absolute Gasteiger partial charge is 0.271 e. The van der Waals surface area contributed by atoms with Crippen molar-refractivity contribution in [2.24, 2.45) is 5.92 Å². The second-order valence-corrected chi connectivity index (χ2v) is 6.64. The molecule has 0 bridgehead atoms.